The molecule has 1 aliphatic rings. The Balaban J connectivity index is 1.42. The van der Waals surface area contributed by atoms with Gasteiger partial charge >= 0.3 is 0 Å². The van der Waals surface area contributed by atoms with Crippen LogP contribution in [0.25, 0.3) is 0 Å². The zero-order valence-electron chi connectivity index (χ0n) is 21.5. The Morgan fingerprint density at radius 2 is 1.79 bits per heavy atom. The number of hydrogen-bond acceptors (Lipinski definition) is 6. The average Bonchev–Trinajstić information content (AvgIpc) is 3.40. The second-order valence-electron chi connectivity index (χ2n) is 9.38. The average molecular weight is 537 g/mol. The van der Waals surface area contributed by atoms with Crippen molar-refractivity contribution in [2.75, 3.05) is 26.7 Å². The molecule has 2 aromatic carbocycles. The summed E-state index contributed by atoms with van der Waals surface area (Å²) in [6.45, 7) is 2.00. The van der Waals surface area contributed by atoms with Gasteiger partial charge in [-0.1, -0.05) is 36.1 Å². The molecule has 0 saturated carbocycles. The molecule has 0 aliphatic carbocycles. The number of halogens is 2. The van der Waals surface area contributed by atoms with Crippen LogP contribution in [0.4, 0.5) is 8.78 Å². The van der Waals surface area contributed by atoms with Gasteiger partial charge in [0.25, 0.3) is 12.0 Å². The lowest BCUT2D eigenvalue weighted by Gasteiger charge is -2.17. The van der Waals surface area contributed by atoms with Crippen molar-refractivity contribution < 1.29 is 23.4 Å². The molecule has 1 saturated heterocycles. The van der Waals surface area contributed by atoms with E-state index >= 15 is 0 Å². The number of nitrogens with one attached hydrogen (secondary N) is 2. The minimum Gasteiger partial charge on any atom is -0.502 e. The highest BCUT2D eigenvalue weighted by molar-refractivity contribution is 5.84. The van der Waals surface area contributed by atoms with Crippen molar-refractivity contribution in [2.24, 2.45) is 0 Å². The van der Waals surface area contributed by atoms with E-state index < -0.39 is 36.1 Å². The number of ether oxygens (including phenoxy) is 1. The van der Waals surface area contributed by atoms with Crippen molar-refractivity contribution in [1.29, 1.82) is 0 Å². The summed E-state index contributed by atoms with van der Waals surface area (Å²) < 4.78 is 30.7. The van der Waals surface area contributed by atoms with Gasteiger partial charge in [-0.05, 0) is 48.2 Å². The summed E-state index contributed by atoms with van der Waals surface area (Å²) in [5.74, 6) is 3.64. The van der Waals surface area contributed by atoms with Crippen LogP contribution in [-0.4, -0.2) is 65.2 Å². The summed E-state index contributed by atoms with van der Waals surface area (Å²) in [6, 6.07) is 15.2. The quantitative estimate of drug-likeness (QED) is 0.363. The molecule has 10 heteroatoms. The molecular formula is C29H30F2N4O4. The maximum atomic E-state index is 12.7. The lowest BCUT2D eigenvalue weighted by molar-refractivity contribution is -0.123. The Kier molecular flexibility index (Phi) is 9.41. The van der Waals surface area contributed by atoms with Gasteiger partial charge in [-0.2, -0.15) is 0 Å². The molecule has 1 fully saturated rings. The number of likely N-dealkylation sites (tertiary alicyclic amines) is 1. The maximum absolute atomic E-state index is 12.7. The molecule has 0 bridgehead atoms. The van der Waals surface area contributed by atoms with Crippen LogP contribution in [0.2, 0.25) is 0 Å². The number of carbonyl (C=O) groups excluding carboxylic acids is 1. The second-order valence-corrected chi connectivity index (χ2v) is 9.38. The summed E-state index contributed by atoms with van der Waals surface area (Å²) >= 11 is 0. The van der Waals surface area contributed by atoms with E-state index in [0.29, 0.717) is 11.7 Å². The van der Waals surface area contributed by atoms with Gasteiger partial charge in [0.05, 0.1) is 24.9 Å². The minimum absolute atomic E-state index is 0.0381. The molecule has 204 valence electrons. The molecule has 3 N–H and O–H groups in total. The Bertz CT molecular complexity index is 1380. The normalized spacial score (nSPS) is 16.1. The number of alkyl halides is 2. The van der Waals surface area contributed by atoms with E-state index in [0.717, 1.165) is 43.5 Å². The van der Waals surface area contributed by atoms with E-state index in [4.69, 9.17) is 4.74 Å². The third-order valence-corrected chi connectivity index (χ3v) is 6.60. The van der Waals surface area contributed by atoms with Gasteiger partial charge < -0.3 is 20.1 Å². The van der Waals surface area contributed by atoms with Crippen LogP contribution in [-0.2, 0) is 22.5 Å². The number of aromatic amines is 1. The summed E-state index contributed by atoms with van der Waals surface area (Å²) in [5.41, 5.74) is 2.53. The molecule has 2 atom stereocenters. The van der Waals surface area contributed by atoms with Gasteiger partial charge in [0.1, 0.15) is 5.69 Å². The highest BCUT2D eigenvalue weighted by Gasteiger charge is 2.27. The van der Waals surface area contributed by atoms with Gasteiger partial charge in [0.15, 0.2) is 0 Å². The third-order valence-electron chi connectivity index (χ3n) is 6.60. The van der Waals surface area contributed by atoms with Gasteiger partial charge in [0.2, 0.25) is 11.7 Å². The molecule has 39 heavy (non-hydrogen) atoms. The zero-order valence-corrected chi connectivity index (χ0v) is 21.5. The number of carbonyl (C=O) groups is 1. The van der Waals surface area contributed by atoms with Gasteiger partial charge in [0, 0.05) is 37.9 Å². The number of methoxy groups -OCH3 is 1. The lowest BCUT2D eigenvalue weighted by Crippen LogP contribution is -2.34. The first-order valence-corrected chi connectivity index (χ1v) is 12.6. The Hall–Kier alpha value is -4.07. The predicted molar refractivity (Wildman–Crippen MR) is 142 cm³/mol. The third kappa shape index (κ3) is 7.72. The van der Waals surface area contributed by atoms with E-state index in [9.17, 15) is 23.5 Å². The molecule has 2 heterocycles. The topological polar surface area (TPSA) is 108 Å². The molecule has 1 aliphatic heterocycles. The van der Waals surface area contributed by atoms with Crippen molar-refractivity contribution in [2.45, 2.75) is 37.8 Å². The van der Waals surface area contributed by atoms with Crippen molar-refractivity contribution in [3.63, 3.8) is 0 Å². The number of hydrogen-bond donors (Lipinski definition) is 3. The van der Waals surface area contributed by atoms with Gasteiger partial charge in [-0.15, -0.1) is 0 Å². The lowest BCUT2D eigenvalue weighted by atomic mass is 9.94. The molecule has 1 aromatic heterocycles. The van der Waals surface area contributed by atoms with Crippen LogP contribution < -0.4 is 10.9 Å². The minimum atomic E-state index is -2.74. The first-order chi connectivity index (χ1) is 18.8. The monoisotopic (exact) mass is 536 g/mol. The molecule has 4 rings (SSSR count). The van der Waals surface area contributed by atoms with Crippen LogP contribution in [0.1, 0.15) is 40.3 Å². The molecule has 1 amide bonds. The fourth-order valence-corrected chi connectivity index (χ4v) is 4.46. The van der Waals surface area contributed by atoms with Gasteiger partial charge in [-0.3, -0.25) is 14.5 Å². The number of nitrogens with zero attached hydrogens (tertiary/aromatic N) is 2. The molecule has 0 radical (unpaired) electrons. The van der Waals surface area contributed by atoms with E-state index in [1.165, 1.54) is 5.56 Å². The maximum Gasteiger partial charge on any atom is 0.293 e. The van der Waals surface area contributed by atoms with E-state index in [1.807, 2.05) is 12.1 Å². The van der Waals surface area contributed by atoms with Crippen molar-refractivity contribution >= 4 is 5.91 Å². The fourth-order valence-electron chi connectivity index (χ4n) is 4.46. The van der Waals surface area contributed by atoms with Gasteiger partial charge in [-0.25, -0.2) is 13.8 Å². The molecule has 2 unspecified atom stereocenters. The zero-order chi connectivity index (χ0) is 27.8. The summed E-state index contributed by atoms with van der Waals surface area (Å²) in [7, 11) is 1.75. The highest BCUT2D eigenvalue weighted by atomic mass is 19.3. The van der Waals surface area contributed by atoms with Crippen LogP contribution in [0.3, 0.4) is 0 Å². The second kappa shape index (κ2) is 13.1. The standard InChI is InChI=1S/C29H30F2N4O4/c1-39-23-12-13-35(17-23)16-22-10-6-20(7-11-22)3-2-19-4-8-21(9-5-19)14-24(28(37)32-15-25(30)31)26-27(36)29(38)34-18-33-26/h4-11,18,23-25,36H,12-17H2,1H3,(H,32,37)(H,33,34,38). The number of rotatable bonds is 9. The van der Waals surface area contributed by atoms with E-state index in [2.05, 4.69) is 44.2 Å². The molecular weight excluding hydrogens is 506 g/mol. The van der Waals surface area contributed by atoms with E-state index in [-0.39, 0.29) is 12.1 Å². The smallest absolute Gasteiger partial charge is 0.293 e. The van der Waals surface area contributed by atoms with Crippen LogP contribution in [0.15, 0.2) is 59.7 Å². The summed E-state index contributed by atoms with van der Waals surface area (Å²) in [6.07, 6.45) is -0.286. The van der Waals surface area contributed by atoms with Crippen LogP contribution >= 0.6 is 0 Å². The number of amides is 1. The fraction of sp³-hybridized carbons (Fsp3) is 0.345. The first-order valence-electron chi connectivity index (χ1n) is 12.6. The molecule has 0 spiro atoms. The Morgan fingerprint density at radius 3 is 2.38 bits per heavy atom. The number of aromatic nitrogens is 2. The van der Waals surface area contributed by atoms with Crippen molar-refractivity contribution in [3.8, 4) is 17.6 Å². The first kappa shape index (κ1) is 28.0. The predicted octanol–water partition coefficient (Wildman–Crippen LogP) is 2.80. The Morgan fingerprint density at radius 1 is 1.15 bits per heavy atom. The molecule has 3 aromatic rings. The van der Waals surface area contributed by atoms with Crippen molar-refractivity contribution in [1.82, 2.24) is 20.2 Å². The highest BCUT2D eigenvalue weighted by Crippen LogP contribution is 2.25. The Labute approximate surface area is 225 Å². The van der Waals surface area contributed by atoms with Crippen molar-refractivity contribution in [3.05, 3.63) is 93.2 Å². The SMILES string of the molecule is COC1CCN(Cc2ccc(C#Cc3ccc(CC(C(=O)NCC(F)F)c4nc[nH]c(=O)c4O)cc3)cc2)C1. The summed E-state index contributed by atoms with van der Waals surface area (Å²) in [4.78, 5) is 33.0. The number of H-pyrrole nitrogens is 1. The van der Waals surface area contributed by atoms with Crippen LogP contribution in [0, 0.1) is 11.8 Å². The summed E-state index contributed by atoms with van der Waals surface area (Å²) in [5, 5.41) is 12.3. The van der Waals surface area contributed by atoms with E-state index in [1.54, 1.807) is 31.4 Å². The number of benzene rings is 2. The largest absolute Gasteiger partial charge is 0.502 e. The van der Waals surface area contributed by atoms with Crippen LogP contribution in [0.5, 0.6) is 5.75 Å². The number of aromatic hydroxyl groups is 1. The molecule has 8 nitrogen and oxygen atoms in total.